The molecular formula is C21H25N5. The van der Waals surface area contributed by atoms with Crippen molar-refractivity contribution >= 4 is 23.1 Å². The van der Waals surface area contributed by atoms with Gasteiger partial charge in [0.05, 0.1) is 6.20 Å². The highest BCUT2D eigenvalue weighted by molar-refractivity contribution is 5.65. The van der Waals surface area contributed by atoms with Crippen molar-refractivity contribution in [2.45, 2.75) is 33.6 Å². The molecule has 134 valence electrons. The van der Waals surface area contributed by atoms with Crippen molar-refractivity contribution in [3.05, 3.63) is 65.9 Å². The number of hydrogen-bond acceptors (Lipinski definition) is 5. The zero-order valence-electron chi connectivity index (χ0n) is 15.8. The molecule has 0 saturated carbocycles. The number of benzene rings is 2. The minimum Gasteiger partial charge on any atom is -0.325 e. The second kappa shape index (κ2) is 7.95. The summed E-state index contributed by atoms with van der Waals surface area (Å²) in [7, 11) is 0. The van der Waals surface area contributed by atoms with Crippen LogP contribution in [-0.2, 0) is 0 Å². The van der Waals surface area contributed by atoms with E-state index < -0.39 is 0 Å². The Morgan fingerprint density at radius 2 is 1.81 bits per heavy atom. The molecule has 0 fully saturated rings. The topological polar surface area (TPSA) is 53.9 Å². The molecule has 1 aromatic heterocycles. The third-order valence-corrected chi connectivity index (χ3v) is 4.37. The van der Waals surface area contributed by atoms with Gasteiger partial charge in [-0.3, -0.25) is 0 Å². The fraction of sp³-hybridized carbons (Fsp3) is 0.286. The van der Waals surface area contributed by atoms with E-state index in [4.69, 9.17) is 4.98 Å². The van der Waals surface area contributed by atoms with Gasteiger partial charge in [0, 0.05) is 17.9 Å². The first-order chi connectivity index (χ1) is 12.6. The fourth-order valence-electron chi connectivity index (χ4n) is 3.02. The summed E-state index contributed by atoms with van der Waals surface area (Å²) in [5.41, 5.74) is 4.56. The molecule has 1 N–H and O–H groups in total. The predicted molar refractivity (Wildman–Crippen MR) is 107 cm³/mol. The first-order valence-electron chi connectivity index (χ1n) is 8.99. The lowest BCUT2D eigenvalue weighted by Gasteiger charge is -2.22. The molecule has 0 unspecified atom stereocenters. The molecule has 1 heterocycles. The minimum atomic E-state index is 0.407. The number of rotatable bonds is 6. The number of aryl methyl sites for hydroxylation is 1. The van der Waals surface area contributed by atoms with Gasteiger partial charge in [0.15, 0.2) is 5.82 Å². The van der Waals surface area contributed by atoms with E-state index in [-0.39, 0.29) is 0 Å². The maximum absolute atomic E-state index is 4.70. The largest absolute Gasteiger partial charge is 0.325 e. The quantitative estimate of drug-likeness (QED) is 0.664. The van der Waals surface area contributed by atoms with Crippen molar-refractivity contribution in [1.82, 2.24) is 15.2 Å². The molecule has 2 aromatic carbocycles. The number of anilines is 4. The average Bonchev–Trinajstić information content (AvgIpc) is 2.65. The maximum atomic E-state index is 4.70. The summed E-state index contributed by atoms with van der Waals surface area (Å²) in [6.45, 7) is 9.35. The SMILES string of the molecule is CCN(c1ccccc1)c1cnnc(Nc2c(C)cccc2C(C)C)n1. The molecule has 5 nitrogen and oxygen atoms in total. The summed E-state index contributed by atoms with van der Waals surface area (Å²) in [4.78, 5) is 6.81. The van der Waals surface area contributed by atoms with Gasteiger partial charge in [0.1, 0.15) is 0 Å². The number of aromatic nitrogens is 3. The lowest BCUT2D eigenvalue weighted by molar-refractivity contribution is 0.864. The van der Waals surface area contributed by atoms with Crippen LogP contribution >= 0.6 is 0 Å². The van der Waals surface area contributed by atoms with E-state index in [1.807, 2.05) is 18.2 Å². The van der Waals surface area contributed by atoms with Crippen LogP contribution in [0, 0.1) is 6.92 Å². The molecule has 26 heavy (non-hydrogen) atoms. The molecule has 0 bridgehead atoms. The molecule has 0 aliphatic carbocycles. The fourth-order valence-corrected chi connectivity index (χ4v) is 3.02. The lowest BCUT2D eigenvalue weighted by atomic mass is 9.98. The van der Waals surface area contributed by atoms with Gasteiger partial charge < -0.3 is 10.2 Å². The van der Waals surface area contributed by atoms with Gasteiger partial charge in [0.2, 0.25) is 5.95 Å². The van der Waals surface area contributed by atoms with E-state index in [9.17, 15) is 0 Å². The standard InChI is InChI=1S/C21H25N5/c1-5-26(17-11-7-6-8-12-17)19-14-22-25-21(23-19)24-20-16(4)10-9-13-18(20)15(2)3/h6-15H,5H2,1-4H3,(H,23,24,25). The molecule has 0 atom stereocenters. The minimum absolute atomic E-state index is 0.407. The monoisotopic (exact) mass is 347 g/mol. The Kier molecular flexibility index (Phi) is 5.46. The van der Waals surface area contributed by atoms with Crippen LogP contribution in [0.15, 0.2) is 54.7 Å². The van der Waals surface area contributed by atoms with Gasteiger partial charge >= 0.3 is 0 Å². The van der Waals surface area contributed by atoms with E-state index >= 15 is 0 Å². The van der Waals surface area contributed by atoms with Gasteiger partial charge in [-0.1, -0.05) is 50.2 Å². The lowest BCUT2D eigenvalue weighted by Crippen LogP contribution is -2.18. The Morgan fingerprint density at radius 3 is 2.50 bits per heavy atom. The van der Waals surface area contributed by atoms with Gasteiger partial charge in [-0.05, 0) is 43.0 Å². The Bertz CT molecular complexity index is 861. The normalized spacial score (nSPS) is 10.8. The molecule has 0 saturated heterocycles. The van der Waals surface area contributed by atoms with E-state index in [1.54, 1.807) is 6.20 Å². The van der Waals surface area contributed by atoms with Crippen molar-refractivity contribution in [2.75, 3.05) is 16.8 Å². The molecule has 0 spiro atoms. The maximum Gasteiger partial charge on any atom is 0.249 e. The second-order valence-corrected chi connectivity index (χ2v) is 6.54. The van der Waals surface area contributed by atoms with Crippen molar-refractivity contribution in [3.8, 4) is 0 Å². The molecular weight excluding hydrogens is 322 g/mol. The van der Waals surface area contributed by atoms with Crippen LogP contribution in [0.25, 0.3) is 0 Å². The van der Waals surface area contributed by atoms with E-state index in [0.29, 0.717) is 11.9 Å². The summed E-state index contributed by atoms with van der Waals surface area (Å²) in [5, 5.41) is 11.7. The highest BCUT2D eigenvalue weighted by Gasteiger charge is 2.13. The summed E-state index contributed by atoms with van der Waals surface area (Å²) in [5.74, 6) is 1.69. The molecule has 0 aliphatic rings. The van der Waals surface area contributed by atoms with Gasteiger partial charge in [-0.25, -0.2) is 0 Å². The van der Waals surface area contributed by atoms with E-state index in [2.05, 4.69) is 78.4 Å². The Labute approximate surface area is 155 Å². The van der Waals surface area contributed by atoms with Crippen LogP contribution in [0.5, 0.6) is 0 Å². The first kappa shape index (κ1) is 17.9. The van der Waals surface area contributed by atoms with Gasteiger partial charge in [0.25, 0.3) is 0 Å². The summed E-state index contributed by atoms with van der Waals surface area (Å²) < 4.78 is 0. The molecule has 5 heteroatoms. The van der Waals surface area contributed by atoms with Crippen LogP contribution in [0.2, 0.25) is 0 Å². The highest BCUT2D eigenvalue weighted by Crippen LogP contribution is 2.30. The number of para-hydroxylation sites is 2. The Morgan fingerprint density at radius 1 is 1.04 bits per heavy atom. The van der Waals surface area contributed by atoms with Crippen molar-refractivity contribution in [1.29, 1.82) is 0 Å². The molecule has 0 aliphatic heterocycles. The smallest absolute Gasteiger partial charge is 0.249 e. The third-order valence-electron chi connectivity index (χ3n) is 4.37. The third kappa shape index (κ3) is 3.82. The van der Waals surface area contributed by atoms with Crippen LogP contribution < -0.4 is 10.2 Å². The molecule has 0 radical (unpaired) electrons. The number of nitrogens with zero attached hydrogens (tertiary/aromatic N) is 4. The predicted octanol–water partition coefficient (Wildman–Crippen LogP) is 5.21. The molecule has 3 aromatic rings. The number of nitrogens with one attached hydrogen (secondary N) is 1. The molecule has 3 rings (SSSR count). The zero-order chi connectivity index (χ0) is 18.5. The summed E-state index contributed by atoms with van der Waals surface area (Å²) in [6.07, 6.45) is 1.70. The van der Waals surface area contributed by atoms with Gasteiger partial charge in [-0.15, -0.1) is 5.10 Å². The van der Waals surface area contributed by atoms with E-state index in [0.717, 1.165) is 23.7 Å². The molecule has 0 amide bonds. The van der Waals surface area contributed by atoms with Crippen LogP contribution in [0.3, 0.4) is 0 Å². The van der Waals surface area contributed by atoms with Crippen molar-refractivity contribution < 1.29 is 0 Å². The number of hydrogen-bond donors (Lipinski definition) is 1. The first-order valence-corrected chi connectivity index (χ1v) is 8.99. The van der Waals surface area contributed by atoms with Gasteiger partial charge in [-0.2, -0.15) is 10.1 Å². The summed E-state index contributed by atoms with van der Waals surface area (Å²) in [6, 6.07) is 16.5. The van der Waals surface area contributed by atoms with Crippen LogP contribution in [0.1, 0.15) is 37.8 Å². The van der Waals surface area contributed by atoms with Crippen molar-refractivity contribution in [2.24, 2.45) is 0 Å². The highest BCUT2D eigenvalue weighted by atomic mass is 15.3. The second-order valence-electron chi connectivity index (χ2n) is 6.54. The average molecular weight is 347 g/mol. The van der Waals surface area contributed by atoms with Crippen LogP contribution in [0.4, 0.5) is 23.1 Å². The summed E-state index contributed by atoms with van der Waals surface area (Å²) >= 11 is 0. The zero-order valence-corrected chi connectivity index (χ0v) is 15.8. The van der Waals surface area contributed by atoms with Crippen molar-refractivity contribution in [3.63, 3.8) is 0 Å². The Hall–Kier alpha value is -2.95. The van der Waals surface area contributed by atoms with Crippen LogP contribution in [-0.4, -0.2) is 21.7 Å². The van der Waals surface area contributed by atoms with E-state index in [1.165, 1.54) is 11.1 Å². The Balaban J connectivity index is 1.94.